The van der Waals surface area contributed by atoms with Crippen molar-refractivity contribution in [2.24, 2.45) is 0 Å². The van der Waals surface area contributed by atoms with Crippen molar-refractivity contribution >= 4 is 17.9 Å². The summed E-state index contributed by atoms with van der Waals surface area (Å²) in [7, 11) is 0. The van der Waals surface area contributed by atoms with Crippen LogP contribution in [-0.2, 0) is 10.3 Å². The van der Waals surface area contributed by atoms with E-state index >= 15 is 0 Å². The van der Waals surface area contributed by atoms with Crippen LogP contribution in [0.5, 0.6) is 0 Å². The first-order valence-corrected chi connectivity index (χ1v) is 10.4. The Bertz CT molecular complexity index is 830. The predicted molar refractivity (Wildman–Crippen MR) is 117 cm³/mol. The van der Waals surface area contributed by atoms with Crippen molar-refractivity contribution in [3.05, 3.63) is 71.8 Å². The van der Waals surface area contributed by atoms with Gasteiger partial charge in [-0.3, -0.25) is 15.1 Å². The molecule has 158 valence electrons. The summed E-state index contributed by atoms with van der Waals surface area (Å²) in [5.74, 6) is -0.0556. The van der Waals surface area contributed by atoms with Crippen molar-refractivity contribution in [2.45, 2.75) is 31.7 Å². The molecular weight excluding hydrogens is 378 g/mol. The van der Waals surface area contributed by atoms with E-state index in [1.165, 1.54) is 4.90 Å². The third-order valence-electron chi connectivity index (χ3n) is 5.18. The summed E-state index contributed by atoms with van der Waals surface area (Å²) in [6.07, 6.45) is 2.30. The molecule has 0 radical (unpaired) electrons. The number of unbranched alkanes of at least 4 members (excludes halogenated alkanes) is 1. The molecule has 0 unspecified atom stereocenters. The number of guanidine groups is 1. The Morgan fingerprint density at radius 2 is 1.53 bits per heavy atom. The first-order chi connectivity index (χ1) is 14.6. The zero-order valence-corrected chi connectivity index (χ0v) is 17.3. The van der Waals surface area contributed by atoms with E-state index in [0.29, 0.717) is 26.1 Å². The molecule has 1 aliphatic rings. The van der Waals surface area contributed by atoms with Crippen LogP contribution in [0.4, 0.5) is 4.79 Å². The summed E-state index contributed by atoms with van der Waals surface area (Å²) in [4.78, 5) is 26.7. The van der Waals surface area contributed by atoms with Crippen LogP contribution in [0.3, 0.4) is 0 Å². The Kier molecular flexibility index (Phi) is 7.06. The lowest BCUT2D eigenvalue weighted by Gasteiger charge is -2.28. The molecule has 2 aromatic carbocycles. The largest absolute Gasteiger partial charge is 0.338 e. The van der Waals surface area contributed by atoms with Gasteiger partial charge in [0.1, 0.15) is 0 Å². The molecule has 4 N–H and O–H groups in total. The zero-order valence-electron chi connectivity index (χ0n) is 17.3. The van der Waals surface area contributed by atoms with Gasteiger partial charge in [-0.2, -0.15) is 0 Å². The Hall–Kier alpha value is -3.35. The van der Waals surface area contributed by atoms with Crippen molar-refractivity contribution in [3.8, 4) is 0 Å². The van der Waals surface area contributed by atoms with Crippen LogP contribution < -0.4 is 16.0 Å². The Morgan fingerprint density at radius 1 is 0.967 bits per heavy atom. The van der Waals surface area contributed by atoms with E-state index in [1.54, 1.807) is 0 Å². The van der Waals surface area contributed by atoms with Gasteiger partial charge in [0, 0.05) is 19.6 Å². The summed E-state index contributed by atoms with van der Waals surface area (Å²) in [6, 6.07) is 18.9. The molecule has 30 heavy (non-hydrogen) atoms. The van der Waals surface area contributed by atoms with E-state index in [-0.39, 0.29) is 17.9 Å². The molecule has 1 saturated heterocycles. The second kappa shape index (κ2) is 9.91. The highest BCUT2D eigenvalue weighted by Gasteiger charge is 2.51. The molecule has 0 spiro atoms. The van der Waals surface area contributed by atoms with Crippen molar-refractivity contribution in [3.63, 3.8) is 0 Å². The highest BCUT2D eigenvalue weighted by atomic mass is 16.2. The average Bonchev–Trinajstić information content (AvgIpc) is 3.04. The zero-order chi connectivity index (χ0) is 21.4. The number of hydrogen-bond donors (Lipinski definition) is 4. The van der Waals surface area contributed by atoms with E-state index < -0.39 is 5.54 Å². The molecule has 0 saturated carbocycles. The molecule has 3 rings (SSSR count). The van der Waals surface area contributed by atoms with Gasteiger partial charge in [-0.1, -0.05) is 67.6 Å². The molecule has 0 atom stereocenters. The van der Waals surface area contributed by atoms with Gasteiger partial charge < -0.3 is 16.0 Å². The number of urea groups is 1. The molecule has 3 amide bonds. The summed E-state index contributed by atoms with van der Waals surface area (Å²) in [5, 5.41) is 17.2. The van der Waals surface area contributed by atoms with Crippen LogP contribution in [0.15, 0.2) is 60.7 Å². The topological polar surface area (TPSA) is 97.3 Å². The first-order valence-electron chi connectivity index (χ1n) is 10.4. The minimum Gasteiger partial charge on any atom is -0.338 e. The molecule has 7 nitrogen and oxygen atoms in total. The number of nitrogens with zero attached hydrogens (tertiary/aromatic N) is 1. The lowest BCUT2D eigenvalue weighted by Crippen LogP contribution is -2.45. The van der Waals surface area contributed by atoms with E-state index in [4.69, 9.17) is 5.41 Å². The molecule has 7 heteroatoms. The van der Waals surface area contributed by atoms with Crippen LogP contribution in [0.25, 0.3) is 0 Å². The normalized spacial score (nSPS) is 15.0. The van der Waals surface area contributed by atoms with E-state index in [9.17, 15) is 9.59 Å². The smallest absolute Gasteiger partial charge is 0.314 e. The van der Waals surface area contributed by atoms with E-state index in [1.807, 2.05) is 67.6 Å². The number of hydrogen-bond acceptors (Lipinski definition) is 3. The van der Waals surface area contributed by atoms with Crippen molar-refractivity contribution in [2.75, 3.05) is 19.6 Å². The maximum atomic E-state index is 13.6. The van der Waals surface area contributed by atoms with Crippen LogP contribution >= 0.6 is 0 Å². The van der Waals surface area contributed by atoms with Crippen LogP contribution in [0.1, 0.15) is 37.3 Å². The Morgan fingerprint density at radius 3 is 2.10 bits per heavy atom. The van der Waals surface area contributed by atoms with Gasteiger partial charge in [0.05, 0.1) is 0 Å². The third kappa shape index (κ3) is 4.45. The van der Waals surface area contributed by atoms with E-state index in [0.717, 1.165) is 24.0 Å². The van der Waals surface area contributed by atoms with Crippen LogP contribution in [0.2, 0.25) is 0 Å². The second-order valence-electron chi connectivity index (χ2n) is 7.30. The van der Waals surface area contributed by atoms with Crippen molar-refractivity contribution < 1.29 is 9.59 Å². The van der Waals surface area contributed by atoms with Gasteiger partial charge in [0.25, 0.3) is 5.91 Å². The molecule has 0 aliphatic carbocycles. The molecular formula is C23H29N5O2. The van der Waals surface area contributed by atoms with Crippen LogP contribution in [0, 0.1) is 5.41 Å². The molecule has 0 bridgehead atoms. The average molecular weight is 408 g/mol. The molecule has 0 aromatic heterocycles. The number of amides is 3. The van der Waals surface area contributed by atoms with Crippen LogP contribution in [-0.4, -0.2) is 42.4 Å². The van der Waals surface area contributed by atoms with Gasteiger partial charge in [-0.25, -0.2) is 4.79 Å². The number of carbonyl (C=O) groups excluding carboxylic acids is 2. The minimum atomic E-state index is -1.10. The summed E-state index contributed by atoms with van der Waals surface area (Å²) in [6.45, 7) is 3.60. The highest BCUT2D eigenvalue weighted by molar-refractivity contribution is 6.10. The lowest BCUT2D eigenvalue weighted by atomic mass is 9.82. The maximum absolute atomic E-state index is 13.6. The van der Waals surface area contributed by atoms with Crippen molar-refractivity contribution in [1.29, 1.82) is 5.41 Å². The molecule has 1 heterocycles. The number of nitrogens with one attached hydrogen (secondary N) is 4. The Labute approximate surface area is 177 Å². The van der Waals surface area contributed by atoms with Gasteiger partial charge in [0.2, 0.25) is 0 Å². The fourth-order valence-electron chi connectivity index (χ4n) is 3.65. The lowest BCUT2D eigenvalue weighted by molar-refractivity contribution is -0.130. The van der Waals surface area contributed by atoms with Gasteiger partial charge in [-0.15, -0.1) is 0 Å². The first kappa shape index (κ1) is 21.4. The molecule has 1 aliphatic heterocycles. The predicted octanol–water partition coefficient (Wildman–Crippen LogP) is 2.79. The quantitative estimate of drug-likeness (QED) is 0.481. The summed E-state index contributed by atoms with van der Waals surface area (Å²) >= 11 is 0. The van der Waals surface area contributed by atoms with Crippen molar-refractivity contribution in [1.82, 2.24) is 20.9 Å². The number of rotatable bonds is 9. The fourth-order valence-corrected chi connectivity index (χ4v) is 3.65. The number of carbonyl (C=O) groups is 2. The maximum Gasteiger partial charge on any atom is 0.314 e. The van der Waals surface area contributed by atoms with Gasteiger partial charge in [-0.05, 0) is 30.4 Å². The number of benzene rings is 2. The highest BCUT2D eigenvalue weighted by Crippen LogP contribution is 2.35. The van der Waals surface area contributed by atoms with E-state index in [2.05, 4.69) is 16.0 Å². The van der Waals surface area contributed by atoms with Gasteiger partial charge in [0.15, 0.2) is 11.5 Å². The SMILES string of the molecule is CCCNC(=O)NCCCCN1C(=N)NC(c2ccccc2)(c2ccccc2)C1=O. The summed E-state index contributed by atoms with van der Waals surface area (Å²) < 4.78 is 0. The Balaban J connectivity index is 1.68. The fraction of sp³-hybridized carbons (Fsp3) is 0.348. The second-order valence-corrected chi connectivity index (χ2v) is 7.30. The summed E-state index contributed by atoms with van der Waals surface area (Å²) in [5.41, 5.74) is 0.517. The third-order valence-corrected chi connectivity index (χ3v) is 5.18. The standard InChI is InChI=1S/C23H29N5O2/c1-2-15-25-22(30)26-16-9-10-17-28-20(29)23(27-21(28)24,18-11-5-3-6-12-18)19-13-7-4-8-14-19/h3-8,11-14H,2,9-10,15-17H2,1H3,(H2,24,27)(H2,25,26,30). The molecule has 1 fully saturated rings. The molecule has 2 aromatic rings. The monoisotopic (exact) mass is 407 g/mol. The van der Waals surface area contributed by atoms with Gasteiger partial charge >= 0.3 is 6.03 Å². The minimum absolute atomic E-state index is 0.0985.